The molecule has 114 valence electrons. The van der Waals surface area contributed by atoms with Crippen molar-refractivity contribution in [1.29, 1.82) is 0 Å². The fraction of sp³-hybridized carbons (Fsp3) is 0.231. The van der Waals surface area contributed by atoms with Gasteiger partial charge in [0, 0.05) is 10.9 Å². The molecule has 0 radical (unpaired) electrons. The second-order valence-corrected chi connectivity index (χ2v) is 8.18. The van der Waals surface area contributed by atoms with Gasteiger partial charge in [0.2, 0.25) is 0 Å². The lowest BCUT2D eigenvalue weighted by molar-refractivity contribution is 0.285. The lowest BCUT2D eigenvalue weighted by Gasteiger charge is -2.09. The predicted molar refractivity (Wildman–Crippen MR) is 86.4 cm³/mol. The third-order valence-electron chi connectivity index (χ3n) is 2.55. The molecule has 1 aromatic carbocycles. The molecule has 0 bridgehead atoms. The fourth-order valence-corrected chi connectivity index (χ4v) is 5.28. The smallest absolute Gasteiger partial charge is 0.263 e. The summed E-state index contributed by atoms with van der Waals surface area (Å²) in [6.07, 6.45) is 0. The summed E-state index contributed by atoms with van der Waals surface area (Å²) in [5.41, 5.74) is 0.421. The maximum atomic E-state index is 12.4. The minimum absolute atomic E-state index is 0.110. The van der Waals surface area contributed by atoms with Gasteiger partial charge in [-0.25, -0.2) is 8.42 Å². The number of aliphatic hydroxyl groups excluding tert-OH is 1. The van der Waals surface area contributed by atoms with E-state index in [1.54, 1.807) is 24.3 Å². The SMILES string of the molecule is CCOc1cccc(NS(=O)(=O)c2cc(CO)sc2Br)c1. The number of benzene rings is 1. The van der Waals surface area contributed by atoms with Gasteiger partial charge in [-0.2, -0.15) is 0 Å². The van der Waals surface area contributed by atoms with Crippen LogP contribution in [0.2, 0.25) is 0 Å². The average Bonchev–Trinajstić information content (AvgIpc) is 2.81. The van der Waals surface area contributed by atoms with Crippen LogP contribution in [0.1, 0.15) is 11.8 Å². The predicted octanol–water partition coefficient (Wildman–Crippen LogP) is 3.20. The van der Waals surface area contributed by atoms with Crippen molar-refractivity contribution < 1.29 is 18.3 Å². The lowest BCUT2D eigenvalue weighted by Crippen LogP contribution is -2.12. The fourth-order valence-electron chi connectivity index (χ4n) is 1.69. The van der Waals surface area contributed by atoms with Gasteiger partial charge in [0.15, 0.2) is 0 Å². The molecule has 2 N–H and O–H groups in total. The highest BCUT2D eigenvalue weighted by atomic mass is 79.9. The Morgan fingerprint density at radius 2 is 2.14 bits per heavy atom. The Balaban J connectivity index is 2.28. The molecule has 0 saturated heterocycles. The molecule has 0 aliphatic rings. The molecule has 1 heterocycles. The molecule has 2 rings (SSSR count). The van der Waals surface area contributed by atoms with E-state index in [-0.39, 0.29) is 11.5 Å². The maximum Gasteiger partial charge on any atom is 0.263 e. The first-order chi connectivity index (χ1) is 9.96. The van der Waals surface area contributed by atoms with Gasteiger partial charge in [0.05, 0.1) is 22.7 Å². The van der Waals surface area contributed by atoms with Crippen molar-refractivity contribution in [3.05, 3.63) is 39.0 Å². The molecule has 0 amide bonds. The van der Waals surface area contributed by atoms with E-state index >= 15 is 0 Å². The lowest BCUT2D eigenvalue weighted by atomic mass is 10.3. The molecule has 0 aliphatic carbocycles. The van der Waals surface area contributed by atoms with Crippen molar-refractivity contribution in [2.75, 3.05) is 11.3 Å². The Kier molecular flexibility index (Phi) is 5.26. The van der Waals surface area contributed by atoms with Crippen LogP contribution in [0.4, 0.5) is 5.69 Å². The molecular weight excluding hydrogens is 378 g/mol. The van der Waals surface area contributed by atoms with Gasteiger partial charge in [-0.3, -0.25) is 4.72 Å². The first-order valence-electron chi connectivity index (χ1n) is 6.11. The third-order valence-corrected chi connectivity index (χ3v) is 6.17. The summed E-state index contributed by atoms with van der Waals surface area (Å²) >= 11 is 4.40. The highest BCUT2D eigenvalue weighted by molar-refractivity contribution is 9.11. The maximum absolute atomic E-state index is 12.4. The van der Waals surface area contributed by atoms with Gasteiger partial charge in [-0.05, 0) is 41.1 Å². The number of ether oxygens (including phenoxy) is 1. The van der Waals surface area contributed by atoms with E-state index in [0.29, 0.717) is 26.7 Å². The van der Waals surface area contributed by atoms with Crippen LogP contribution >= 0.6 is 27.3 Å². The normalized spacial score (nSPS) is 11.4. The van der Waals surface area contributed by atoms with Crippen LogP contribution in [0.5, 0.6) is 5.75 Å². The Hall–Kier alpha value is -1.09. The van der Waals surface area contributed by atoms with E-state index in [9.17, 15) is 8.42 Å². The average molecular weight is 392 g/mol. The van der Waals surface area contributed by atoms with Crippen molar-refractivity contribution in [3.63, 3.8) is 0 Å². The molecule has 0 atom stereocenters. The number of aliphatic hydroxyl groups is 1. The van der Waals surface area contributed by atoms with Crippen molar-refractivity contribution in [2.45, 2.75) is 18.4 Å². The van der Waals surface area contributed by atoms with Gasteiger partial charge >= 0.3 is 0 Å². The molecule has 0 spiro atoms. The van der Waals surface area contributed by atoms with E-state index in [1.807, 2.05) is 6.92 Å². The van der Waals surface area contributed by atoms with Crippen LogP contribution in [-0.2, 0) is 16.6 Å². The summed E-state index contributed by atoms with van der Waals surface area (Å²) < 4.78 is 33.0. The van der Waals surface area contributed by atoms with E-state index in [1.165, 1.54) is 17.4 Å². The first-order valence-corrected chi connectivity index (χ1v) is 9.20. The molecule has 0 unspecified atom stereocenters. The third kappa shape index (κ3) is 3.97. The highest BCUT2D eigenvalue weighted by Crippen LogP contribution is 2.33. The second kappa shape index (κ2) is 6.78. The van der Waals surface area contributed by atoms with Gasteiger partial charge in [-0.15, -0.1) is 11.3 Å². The Bertz CT molecular complexity index is 728. The summed E-state index contributed by atoms with van der Waals surface area (Å²) in [5, 5.41) is 9.08. The van der Waals surface area contributed by atoms with Crippen molar-refractivity contribution in [2.24, 2.45) is 0 Å². The molecule has 2 aromatic rings. The van der Waals surface area contributed by atoms with Crippen molar-refractivity contribution in [1.82, 2.24) is 0 Å². The molecule has 5 nitrogen and oxygen atoms in total. The summed E-state index contributed by atoms with van der Waals surface area (Å²) in [4.78, 5) is 0.684. The zero-order valence-corrected chi connectivity index (χ0v) is 14.4. The van der Waals surface area contributed by atoms with E-state index in [2.05, 4.69) is 20.7 Å². The minimum atomic E-state index is -3.72. The Morgan fingerprint density at radius 1 is 1.38 bits per heavy atom. The van der Waals surface area contributed by atoms with E-state index in [0.717, 1.165) is 0 Å². The Labute approximate surface area is 135 Å². The molecule has 0 fully saturated rings. The molecule has 0 saturated carbocycles. The quantitative estimate of drug-likeness (QED) is 0.792. The van der Waals surface area contributed by atoms with E-state index < -0.39 is 10.0 Å². The molecule has 21 heavy (non-hydrogen) atoms. The minimum Gasteiger partial charge on any atom is -0.494 e. The van der Waals surface area contributed by atoms with Crippen LogP contribution in [0.15, 0.2) is 39.0 Å². The monoisotopic (exact) mass is 391 g/mol. The number of hydrogen-bond acceptors (Lipinski definition) is 5. The van der Waals surface area contributed by atoms with Gasteiger partial charge in [-0.1, -0.05) is 6.07 Å². The topological polar surface area (TPSA) is 75.6 Å². The molecule has 0 aliphatic heterocycles. The van der Waals surface area contributed by atoms with Crippen LogP contribution in [0.3, 0.4) is 0 Å². The van der Waals surface area contributed by atoms with Crippen LogP contribution in [0.25, 0.3) is 0 Å². The number of halogens is 1. The van der Waals surface area contributed by atoms with Crippen LogP contribution in [0, 0.1) is 0 Å². The number of sulfonamides is 1. The summed E-state index contributed by atoms with van der Waals surface area (Å²) in [7, 11) is -3.72. The van der Waals surface area contributed by atoms with Gasteiger partial charge < -0.3 is 9.84 Å². The number of anilines is 1. The summed E-state index contributed by atoms with van der Waals surface area (Å²) in [6.45, 7) is 2.17. The molecule has 8 heteroatoms. The van der Waals surface area contributed by atoms with Crippen molar-refractivity contribution in [3.8, 4) is 5.75 Å². The summed E-state index contributed by atoms with van der Waals surface area (Å²) in [6, 6.07) is 8.18. The second-order valence-electron chi connectivity index (χ2n) is 4.08. The zero-order chi connectivity index (χ0) is 15.5. The number of nitrogens with one attached hydrogen (secondary N) is 1. The van der Waals surface area contributed by atoms with Crippen LogP contribution in [-0.4, -0.2) is 20.1 Å². The molecule has 1 aromatic heterocycles. The van der Waals surface area contributed by atoms with Gasteiger partial charge in [0.1, 0.15) is 10.6 Å². The zero-order valence-electron chi connectivity index (χ0n) is 11.2. The standard InChI is InChI=1S/C13H14BrNO4S2/c1-2-19-10-5-3-4-9(6-10)15-21(17,18)12-7-11(8-16)20-13(12)14/h3-7,15-16H,2,8H2,1H3. The number of hydrogen-bond donors (Lipinski definition) is 2. The largest absolute Gasteiger partial charge is 0.494 e. The molecular formula is C13H14BrNO4S2. The highest BCUT2D eigenvalue weighted by Gasteiger charge is 2.21. The van der Waals surface area contributed by atoms with Crippen LogP contribution < -0.4 is 9.46 Å². The first kappa shape index (κ1) is 16.3. The van der Waals surface area contributed by atoms with Gasteiger partial charge in [0.25, 0.3) is 10.0 Å². The van der Waals surface area contributed by atoms with E-state index in [4.69, 9.17) is 9.84 Å². The summed E-state index contributed by atoms with van der Waals surface area (Å²) in [5.74, 6) is 0.595. The number of thiophene rings is 1. The van der Waals surface area contributed by atoms with Crippen molar-refractivity contribution >= 4 is 43.0 Å². The number of rotatable bonds is 6. The Morgan fingerprint density at radius 3 is 2.76 bits per heavy atom.